The SMILES string of the molecule is [C-]#[N+]c1c(Oc2ccc3c(c2)OCO3)cccc1Oc1cc2c(cc1Oc1cccc(Oc3ccc4c(c3)OCO4)c1[N+]#[C-])C1(CC(C)(C)c3cc(Oc4cccc(Oc5ccc6c(c5)OCO6)c4C#N)c(Oc4cccc(Oc5ccc6c(c5)OCO6)c4C#N)cc31)CC2(C)C. The molecule has 1 unspecified atom stereocenters. The summed E-state index contributed by atoms with van der Waals surface area (Å²) in [7, 11) is 0. The maximum atomic E-state index is 11.0. The first-order chi connectivity index (χ1) is 47.2. The van der Waals surface area contributed by atoms with Crippen molar-refractivity contribution in [2.45, 2.75) is 56.8 Å². The van der Waals surface area contributed by atoms with Gasteiger partial charge in [0.25, 0.3) is 11.4 Å². The van der Waals surface area contributed by atoms with E-state index in [9.17, 15) is 10.5 Å². The molecular formula is C77H52N4O16. The molecule has 10 aromatic carbocycles. The molecule has 10 aromatic rings. The van der Waals surface area contributed by atoms with E-state index in [1.54, 1.807) is 146 Å². The van der Waals surface area contributed by atoms with Crippen LogP contribution in [0.1, 0.15) is 73.9 Å². The predicted octanol–water partition coefficient (Wildman–Crippen LogP) is 19.4. The highest BCUT2D eigenvalue weighted by molar-refractivity contribution is 5.74. The lowest BCUT2D eigenvalue weighted by molar-refractivity contribution is 0.173. The molecule has 20 heteroatoms. The zero-order valence-electron chi connectivity index (χ0n) is 52.2. The van der Waals surface area contributed by atoms with Crippen LogP contribution >= 0.6 is 0 Å². The Bertz CT molecular complexity index is 4820. The summed E-state index contributed by atoms with van der Waals surface area (Å²) in [5.74, 6) is 8.28. The molecule has 97 heavy (non-hydrogen) atoms. The number of nitriles is 2. The summed E-state index contributed by atoms with van der Waals surface area (Å²) in [5, 5.41) is 22.0. The first kappa shape index (κ1) is 59.0. The molecule has 16 rings (SSSR count). The van der Waals surface area contributed by atoms with Gasteiger partial charge in [-0.1, -0.05) is 52.0 Å². The van der Waals surface area contributed by atoms with Crippen molar-refractivity contribution in [2.75, 3.05) is 27.2 Å². The third-order valence-electron chi connectivity index (χ3n) is 17.7. The Hall–Kier alpha value is -13.0. The number of nitrogens with zero attached hydrogens (tertiary/aromatic N) is 4. The minimum Gasteiger partial charge on any atom is -0.468 e. The van der Waals surface area contributed by atoms with E-state index < -0.39 is 16.2 Å². The molecule has 0 aromatic heterocycles. The van der Waals surface area contributed by atoms with E-state index in [4.69, 9.17) is 88.9 Å². The van der Waals surface area contributed by atoms with Crippen LogP contribution in [0.4, 0.5) is 11.4 Å². The van der Waals surface area contributed by atoms with Gasteiger partial charge in [-0.15, -0.1) is 0 Å². The second-order valence-corrected chi connectivity index (χ2v) is 24.7. The van der Waals surface area contributed by atoms with Crippen molar-refractivity contribution in [1.82, 2.24) is 0 Å². The Balaban J connectivity index is 0.835. The molecule has 0 fully saturated rings. The molecule has 1 spiro atoms. The zero-order chi connectivity index (χ0) is 66.2. The quantitative estimate of drug-likeness (QED) is 0.0825. The topological polar surface area (TPSA) is 204 Å². The van der Waals surface area contributed by atoms with Gasteiger partial charge in [0.05, 0.1) is 13.1 Å². The van der Waals surface area contributed by atoms with Gasteiger partial charge in [0.2, 0.25) is 27.2 Å². The molecule has 4 aliphatic heterocycles. The highest BCUT2D eigenvalue weighted by Crippen LogP contribution is 2.66. The normalized spacial score (nSPS) is 16.0. The summed E-state index contributed by atoms with van der Waals surface area (Å²) in [4.78, 5) is 7.93. The second kappa shape index (κ2) is 23.2. The van der Waals surface area contributed by atoms with Crippen LogP contribution in [0.25, 0.3) is 9.69 Å². The Morgan fingerprint density at radius 1 is 0.320 bits per heavy atom. The average Bonchev–Trinajstić information content (AvgIpc) is 1.52. The van der Waals surface area contributed by atoms with Crippen molar-refractivity contribution in [1.29, 1.82) is 10.5 Å². The number of ether oxygens (including phenoxy) is 16. The molecule has 0 radical (unpaired) electrons. The minimum atomic E-state index is -0.809. The van der Waals surface area contributed by atoms with Gasteiger partial charge in [-0.05, 0) is 167 Å². The molecule has 1 atom stereocenters. The van der Waals surface area contributed by atoms with Crippen LogP contribution in [0.3, 0.4) is 0 Å². The predicted molar refractivity (Wildman–Crippen MR) is 348 cm³/mol. The van der Waals surface area contributed by atoms with Gasteiger partial charge in [0, 0.05) is 29.7 Å². The Kier molecular flexibility index (Phi) is 14.1. The smallest absolute Gasteiger partial charge is 0.270 e. The van der Waals surface area contributed by atoms with E-state index >= 15 is 0 Å². The van der Waals surface area contributed by atoms with Crippen molar-refractivity contribution in [3.05, 3.63) is 226 Å². The molecule has 2 aliphatic carbocycles. The van der Waals surface area contributed by atoms with E-state index in [1.165, 1.54) is 0 Å². The summed E-state index contributed by atoms with van der Waals surface area (Å²) in [5.41, 5.74) is 1.96. The maximum Gasteiger partial charge on any atom is 0.270 e. The van der Waals surface area contributed by atoms with Crippen LogP contribution in [0.5, 0.6) is 138 Å². The van der Waals surface area contributed by atoms with Gasteiger partial charge in [0.1, 0.15) is 92.3 Å². The lowest BCUT2D eigenvalue weighted by Gasteiger charge is -2.31. The lowest BCUT2D eigenvalue weighted by Crippen LogP contribution is -2.27. The van der Waals surface area contributed by atoms with Crippen molar-refractivity contribution in [3.8, 4) is 150 Å². The first-order valence-corrected chi connectivity index (χ1v) is 30.7. The highest BCUT2D eigenvalue weighted by Gasteiger charge is 2.57. The first-order valence-electron chi connectivity index (χ1n) is 30.7. The number of hydrogen-bond donors (Lipinski definition) is 0. The number of hydrogen-bond acceptors (Lipinski definition) is 18. The Morgan fingerprint density at radius 3 is 0.887 bits per heavy atom. The summed E-state index contributed by atoms with van der Waals surface area (Å²) in [6, 6.07) is 53.4. The second-order valence-electron chi connectivity index (χ2n) is 24.7. The van der Waals surface area contributed by atoms with Gasteiger partial charge in [-0.2, -0.15) is 10.5 Å². The van der Waals surface area contributed by atoms with Crippen molar-refractivity contribution >= 4 is 11.4 Å². The number of benzene rings is 10. The van der Waals surface area contributed by atoms with Gasteiger partial charge in [-0.25, -0.2) is 9.69 Å². The monoisotopic (exact) mass is 1290 g/mol. The largest absolute Gasteiger partial charge is 0.468 e. The zero-order valence-corrected chi connectivity index (χ0v) is 52.2. The molecular weight excluding hydrogens is 1240 g/mol. The van der Waals surface area contributed by atoms with Crippen molar-refractivity contribution in [2.24, 2.45) is 0 Å². The van der Waals surface area contributed by atoms with Gasteiger partial charge in [0.15, 0.2) is 69.0 Å². The maximum absolute atomic E-state index is 11.0. The van der Waals surface area contributed by atoms with E-state index in [0.717, 1.165) is 22.3 Å². The molecule has 476 valence electrons. The van der Waals surface area contributed by atoms with E-state index in [0.29, 0.717) is 81.8 Å². The number of fused-ring (bicyclic) bond motifs is 8. The van der Waals surface area contributed by atoms with Gasteiger partial charge < -0.3 is 75.8 Å². The van der Waals surface area contributed by atoms with Crippen LogP contribution in [0, 0.1) is 35.8 Å². The third-order valence-corrected chi connectivity index (χ3v) is 17.7. The number of para-hydroxylation sites is 2. The lowest BCUT2D eigenvalue weighted by atomic mass is 9.72. The molecule has 0 N–H and O–H groups in total. The van der Waals surface area contributed by atoms with Crippen molar-refractivity contribution in [3.63, 3.8) is 0 Å². The van der Waals surface area contributed by atoms with Gasteiger partial charge >= 0.3 is 0 Å². The van der Waals surface area contributed by atoms with Crippen molar-refractivity contribution < 1.29 is 75.8 Å². The molecule has 0 saturated carbocycles. The molecule has 0 saturated heterocycles. The van der Waals surface area contributed by atoms with E-state index in [2.05, 4.69) is 49.5 Å². The fraction of sp³-hybridized carbons (Fsp3) is 0.169. The van der Waals surface area contributed by atoms with Crippen LogP contribution in [-0.2, 0) is 16.2 Å². The fourth-order valence-electron chi connectivity index (χ4n) is 13.5. The van der Waals surface area contributed by atoms with E-state index in [1.807, 2.05) is 24.3 Å². The molecule has 20 nitrogen and oxygen atoms in total. The summed E-state index contributed by atoms with van der Waals surface area (Å²) >= 11 is 0. The van der Waals surface area contributed by atoms with Crippen LogP contribution in [0.15, 0.2) is 170 Å². The molecule has 0 amide bonds. The standard InChI is InChI=1S/C77H52N4O16/c1-75(2)37-77(51-33-71(95-56-14-8-12-54(48(56)36-79)91-44-20-24-58-66(28-44)87-40-83-58)69(31-49(51)75)94-55-13-7-11-53(47(55)35-78)90-43-19-23-57-65(27-43)86-39-82-57)38-76(3,4)50-32-70(96-63-17-9-15-61(73(63)80-5)92-45-21-25-59-67(29-45)88-41-84-59)72(34-52(50)77)97-64-18-10-16-62(74(64)81-6)93-46-22-26-60-68(30-46)89-42-85-60/h7-34H,37-42H2,1-4H3. The highest BCUT2D eigenvalue weighted by atomic mass is 16.7. The average molecular weight is 1290 g/mol. The Labute approximate surface area is 555 Å². The van der Waals surface area contributed by atoms with Crippen LogP contribution in [0.2, 0.25) is 0 Å². The molecule has 0 bridgehead atoms. The van der Waals surface area contributed by atoms with Crippen LogP contribution in [-0.4, -0.2) is 27.2 Å². The number of rotatable bonds is 16. The van der Waals surface area contributed by atoms with Gasteiger partial charge in [-0.3, -0.25) is 0 Å². The summed E-state index contributed by atoms with van der Waals surface area (Å²) in [6.45, 7) is 26.1. The fourth-order valence-corrected chi connectivity index (χ4v) is 13.5. The summed E-state index contributed by atoms with van der Waals surface area (Å²) in [6.07, 6.45) is 1.12. The Morgan fingerprint density at radius 2 is 0.577 bits per heavy atom. The summed E-state index contributed by atoms with van der Waals surface area (Å²) < 4.78 is 98.3. The third kappa shape index (κ3) is 10.6. The molecule has 6 aliphatic rings. The van der Waals surface area contributed by atoms with E-state index in [-0.39, 0.29) is 119 Å². The van der Waals surface area contributed by atoms with Crippen LogP contribution < -0.4 is 75.8 Å². The minimum absolute atomic E-state index is 0.0657. The molecule has 4 heterocycles.